The van der Waals surface area contributed by atoms with Gasteiger partial charge in [-0.1, -0.05) is 34.8 Å². The van der Waals surface area contributed by atoms with Gasteiger partial charge in [0.15, 0.2) is 5.75 Å². The Kier molecular flexibility index (Phi) is 5.28. The van der Waals surface area contributed by atoms with E-state index < -0.39 is 0 Å². The zero-order chi connectivity index (χ0) is 16.4. The molecule has 23 heavy (non-hydrogen) atoms. The topological polar surface area (TPSA) is 60.4 Å². The van der Waals surface area contributed by atoms with Crippen LogP contribution in [0.1, 0.15) is 0 Å². The fraction of sp³-hybridized carbons (Fsp3) is 0.308. The van der Waals surface area contributed by atoms with E-state index in [0.717, 1.165) is 0 Å². The third-order valence-electron chi connectivity index (χ3n) is 3.03. The third kappa shape index (κ3) is 4.08. The molecule has 2 heterocycles. The highest BCUT2D eigenvalue weighted by Gasteiger charge is 2.18. The monoisotopic (exact) mass is 394 g/mol. The van der Waals surface area contributed by atoms with Crippen LogP contribution in [0.5, 0.6) is 11.8 Å². The van der Waals surface area contributed by atoms with Crippen LogP contribution in [0.15, 0.2) is 12.1 Å². The summed E-state index contributed by atoms with van der Waals surface area (Å²) in [5.41, 5.74) is 0. The molecule has 0 radical (unpaired) electrons. The van der Waals surface area contributed by atoms with Crippen LogP contribution in [0, 0.1) is 0 Å². The summed E-state index contributed by atoms with van der Waals surface area (Å²) in [6, 6.07) is 3.02. The van der Waals surface area contributed by atoms with Crippen molar-refractivity contribution in [2.75, 3.05) is 31.2 Å². The molecule has 0 atom stereocenters. The lowest BCUT2D eigenvalue weighted by Crippen LogP contribution is -2.37. The molecule has 1 aliphatic heterocycles. The first-order chi connectivity index (χ1) is 11.0. The van der Waals surface area contributed by atoms with Gasteiger partial charge in [-0.25, -0.2) is 0 Å². The van der Waals surface area contributed by atoms with Gasteiger partial charge in [0.05, 0.1) is 23.3 Å². The highest BCUT2D eigenvalue weighted by Crippen LogP contribution is 2.38. The average molecular weight is 396 g/mol. The van der Waals surface area contributed by atoms with Crippen LogP contribution >= 0.6 is 46.4 Å². The van der Waals surface area contributed by atoms with Crippen molar-refractivity contribution in [3.63, 3.8) is 0 Å². The Morgan fingerprint density at radius 1 is 0.957 bits per heavy atom. The molecule has 1 aromatic carbocycles. The number of morpholine rings is 1. The molecule has 0 aliphatic carbocycles. The lowest BCUT2D eigenvalue weighted by atomic mass is 10.3. The first-order valence-electron chi connectivity index (χ1n) is 6.59. The van der Waals surface area contributed by atoms with Crippen molar-refractivity contribution in [2.45, 2.75) is 0 Å². The summed E-state index contributed by atoms with van der Waals surface area (Å²) in [6.07, 6.45) is 0. The van der Waals surface area contributed by atoms with E-state index in [1.165, 1.54) is 12.1 Å². The number of hydrogen-bond donors (Lipinski definition) is 0. The van der Waals surface area contributed by atoms with Crippen LogP contribution in [-0.2, 0) is 4.74 Å². The van der Waals surface area contributed by atoms with Gasteiger partial charge in [-0.3, -0.25) is 0 Å². The number of hydrogen-bond acceptors (Lipinski definition) is 6. The minimum absolute atomic E-state index is 0.00221. The maximum Gasteiger partial charge on any atom is 0.328 e. The minimum Gasteiger partial charge on any atom is -0.421 e. The van der Waals surface area contributed by atoms with Crippen molar-refractivity contribution in [2.24, 2.45) is 0 Å². The summed E-state index contributed by atoms with van der Waals surface area (Å²) >= 11 is 24.0. The van der Waals surface area contributed by atoms with E-state index in [4.69, 9.17) is 55.9 Å². The van der Waals surface area contributed by atoms with Gasteiger partial charge in [-0.2, -0.15) is 15.0 Å². The molecule has 0 spiro atoms. The summed E-state index contributed by atoms with van der Waals surface area (Å²) in [5.74, 6) is 0.609. The predicted octanol–water partition coefficient (Wildman–Crippen LogP) is 4.11. The molecule has 6 nitrogen and oxygen atoms in total. The van der Waals surface area contributed by atoms with Gasteiger partial charge >= 0.3 is 6.01 Å². The van der Waals surface area contributed by atoms with Crippen LogP contribution in [0.2, 0.25) is 20.4 Å². The summed E-state index contributed by atoms with van der Waals surface area (Å²) in [6.45, 7) is 2.49. The maximum atomic E-state index is 6.09. The van der Waals surface area contributed by atoms with Gasteiger partial charge in [0, 0.05) is 18.1 Å². The second-order valence-electron chi connectivity index (χ2n) is 4.59. The van der Waals surface area contributed by atoms with E-state index in [1.807, 2.05) is 4.90 Å². The molecule has 0 N–H and O–H groups in total. The Labute approximate surface area is 152 Å². The molecule has 122 valence electrons. The number of benzene rings is 1. The molecular weight excluding hydrogens is 386 g/mol. The molecule has 1 saturated heterocycles. The van der Waals surface area contributed by atoms with Gasteiger partial charge in [0.25, 0.3) is 0 Å². The smallest absolute Gasteiger partial charge is 0.328 e. The van der Waals surface area contributed by atoms with Crippen molar-refractivity contribution in [1.82, 2.24) is 15.0 Å². The zero-order valence-electron chi connectivity index (χ0n) is 11.6. The van der Waals surface area contributed by atoms with Crippen molar-refractivity contribution in [3.05, 3.63) is 32.5 Å². The zero-order valence-corrected chi connectivity index (χ0v) is 14.6. The molecular formula is C13H10Cl4N4O2. The number of ether oxygens (including phenoxy) is 2. The highest BCUT2D eigenvalue weighted by molar-refractivity contribution is 6.40. The molecule has 1 aromatic heterocycles. The average Bonchev–Trinajstić information content (AvgIpc) is 2.51. The number of nitrogens with zero attached hydrogens (tertiary/aromatic N) is 4. The van der Waals surface area contributed by atoms with Crippen molar-refractivity contribution in [1.29, 1.82) is 0 Å². The van der Waals surface area contributed by atoms with E-state index in [9.17, 15) is 0 Å². The fourth-order valence-corrected chi connectivity index (χ4v) is 3.03. The van der Waals surface area contributed by atoms with Gasteiger partial charge in [-0.15, -0.1) is 0 Å². The maximum absolute atomic E-state index is 6.09. The summed E-state index contributed by atoms with van der Waals surface area (Å²) < 4.78 is 10.9. The van der Waals surface area contributed by atoms with E-state index >= 15 is 0 Å². The third-order valence-corrected chi connectivity index (χ3v) is 3.97. The van der Waals surface area contributed by atoms with Crippen LogP contribution in [-0.4, -0.2) is 41.3 Å². The summed E-state index contributed by atoms with van der Waals surface area (Å²) in [7, 11) is 0. The van der Waals surface area contributed by atoms with Crippen molar-refractivity contribution < 1.29 is 9.47 Å². The van der Waals surface area contributed by atoms with E-state index in [1.54, 1.807) is 0 Å². The largest absolute Gasteiger partial charge is 0.421 e. The molecule has 0 unspecified atom stereocenters. The molecule has 2 aromatic rings. The van der Waals surface area contributed by atoms with Gasteiger partial charge in [-0.05, 0) is 23.7 Å². The Morgan fingerprint density at radius 3 is 2.26 bits per heavy atom. The molecule has 0 bridgehead atoms. The van der Waals surface area contributed by atoms with Crippen LogP contribution in [0.3, 0.4) is 0 Å². The molecule has 10 heteroatoms. The van der Waals surface area contributed by atoms with E-state index in [0.29, 0.717) is 37.3 Å². The normalized spacial score (nSPS) is 14.9. The first kappa shape index (κ1) is 16.8. The molecule has 3 rings (SSSR count). The first-order valence-corrected chi connectivity index (χ1v) is 8.11. The quantitative estimate of drug-likeness (QED) is 0.779. The molecule has 0 amide bonds. The number of halogens is 4. The molecule has 0 saturated carbocycles. The predicted molar refractivity (Wildman–Crippen MR) is 89.4 cm³/mol. The Balaban J connectivity index is 1.90. The van der Waals surface area contributed by atoms with Gasteiger partial charge in [0.2, 0.25) is 11.2 Å². The number of aromatic nitrogens is 3. The highest BCUT2D eigenvalue weighted by atomic mass is 35.5. The van der Waals surface area contributed by atoms with Crippen LogP contribution in [0.25, 0.3) is 0 Å². The standard InChI is InChI=1S/C13H10Cl4N4O2/c14-7-5-8(15)10(9(16)6-7)23-13-19-11(17)18-12(20-13)21-1-3-22-4-2-21/h5-6H,1-4H2. The SMILES string of the molecule is Clc1cc(Cl)c(Oc2nc(Cl)nc(N3CCOCC3)n2)c(Cl)c1. The Hall–Kier alpha value is -1.05. The van der Waals surface area contributed by atoms with Crippen LogP contribution in [0.4, 0.5) is 5.95 Å². The second-order valence-corrected chi connectivity index (χ2v) is 6.18. The van der Waals surface area contributed by atoms with E-state index in [-0.39, 0.29) is 27.1 Å². The summed E-state index contributed by atoms with van der Waals surface area (Å²) in [5, 5.41) is 0.895. The van der Waals surface area contributed by atoms with Gasteiger partial charge < -0.3 is 14.4 Å². The number of anilines is 1. The minimum atomic E-state index is -0.00221. The van der Waals surface area contributed by atoms with E-state index in [2.05, 4.69) is 15.0 Å². The summed E-state index contributed by atoms with van der Waals surface area (Å²) in [4.78, 5) is 14.2. The second kappa shape index (κ2) is 7.23. The molecule has 1 fully saturated rings. The Morgan fingerprint density at radius 2 is 1.61 bits per heavy atom. The number of rotatable bonds is 3. The van der Waals surface area contributed by atoms with Gasteiger partial charge in [0.1, 0.15) is 0 Å². The Bertz CT molecular complexity index is 702. The van der Waals surface area contributed by atoms with Crippen LogP contribution < -0.4 is 9.64 Å². The molecule has 1 aliphatic rings. The lowest BCUT2D eigenvalue weighted by Gasteiger charge is -2.26. The lowest BCUT2D eigenvalue weighted by molar-refractivity contribution is 0.122. The van der Waals surface area contributed by atoms with Crippen molar-refractivity contribution >= 4 is 52.4 Å². The fourth-order valence-electron chi connectivity index (χ4n) is 1.99. The van der Waals surface area contributed by atoms with Crippen molar-refractivity contribution in [3.8, 4) is 11.8 Å².